The summed E-state index contributed by atoms with van der Waals surface area (Å²) in [5.41, 5.74) is 0.784. The van der Waals surface area contributed by atoms with Gasteiger partial charge in [0, 0.05) is 25.1 Å². The highest BCUT2D eigenvalue weighted by Gasteiger charge is 2.43. The molecule has 1 aliphatic rings. The van der Waals surface area contributed by atoms with Crippen LogP contribution in [0.1, 0.15) is 24.2 Å². The maximum atomic E-state index is 12.7. The summed E-state index contributed by atoms with van der Waals surface area (Å²) in [4.78, 5) is 24.4. The standard InChI is InChI=1S/C14H17F3N2O3/c1-9-10(4-5-22-9)6-18-12(20)8-19-7-11(14(15,16)17)2-3-13(19)21/h4-5,11H,2-3,6-8H2,1H3,(H,18,20). The van der Waals surface area contributed by atoms with E-state index in [-0.39, 0.29) is 25.9 Å². The minimum absolute atomic E-state index is 0.182. The third-order valence-corrected chi connectivity index (χ3v) is 3.74. The van der Waals surface area contributed by atoms with Crippen molar-refractivity contribution in [3.63, 3.8) is 0 Å². The van der Waals surface area contributed by atoms with Gasteiger partial charge < -0.3 is 14.6 Å². The molecule has 0 aromatic carbocycles. The highest BCUT2D eigenvalue weighted by Crippen LogP contribution is 2.33. The smallest absolute Gasteiger partial charge is 0.393 e. The Morgan fingerprint density at radius 3 is 2.82 bits per heavy atom. The quantitative estimate of drug-likeness (QED) is 0.924. The predicted molar refractivity (Wildman–Crippen MR) is 70.7 cm³/mol. The maximum Gasteiger partial charge on any atom is 0.393 e. The van der Waals surface area contributed by atoms with E-state index in [9.17, 15) is 22.8 Å². The Balaban J connectivity index is 1.87. The number of carbonyl (C=O) groups excluding carboxylic acids is 2. The van der Waals surface area contributed by atoms with E-state index in [4.69, 9.17) is 4.42 Å². The molecule has 1 aliphatic heterocycles. The van der Waals surface area contributed by atoms with Gasteiger partial charge in [-0.2, -0.15) is 13.2 Å². The summed E-state index contributed by atoms with van der Waals surface area (Å²) in [6.07, 6.45) is -3.25. The van der Waals surface area contributed by atoms with Crippen LogP contribution in [0.25, 0.3) is 0 Å². The number of hydrogen-bond donors (Lipinski definition) is 1. The van der Waals surface area contributed by atoms with Gasteiger partial charge in [0.25, 0.3) is 0 Å². The zero-order valence-corrected chi connectivity index (χ0v) is 12.1. The lowest BCUT2D eigenvalue weighted by Crippen LogP contribution is -2.48. The van der Waals surface area contributed by atoms with Crippen LogP contribution in [0.3, 0.4) is 0 Å². The number of piperidine rings is 1. The van der Waals surface area contributed by atoms with Crippen LogP contribution in [0.4, 0.5) is 13.2 Å². The highest BCUT2D eigenvalue weighted by atomic mass is 19.4. The Morgan fingerprint density at radius 1 is 1.50 bits per heavy atom. The predicted octanol–water partition coefficient (Wildman–Crippen LogP) is 2.01. The van der Waals surface area contributed by atoms with E-state index in [0.717, 1.165) is 10.5 Å². The molecule has 2 amide bonds. The summed E-state index contributed by atoms with van der Waals surface area (Å²) in [5, 5.41) is 2.57. The molecule has 0 bridgehead atoms. The number of nitrogens with one attached hydrogen (secondary N) is 1. The van der Waals surface area contributed by atoms with Gasteiger partial charge in [0.2, 0.25) is 11.8 Å². The molecule has 1 unspecified atom stereocenters. The molecule has 0 saturated carbocycles. The molecule has 1 fully saturated rings. The number of amides is 2. The van der Waals surface area contributed by atoms with Crippen LogP contribution in [0, 0.1) is 12.8 Å². The van der Waals surface area contributed by atoms with Gasteiger partial charge in [-0.25, -0.2) is 0 Å². The van der Waals surface area contributed by atoms with Crippen molar-refractivity contribution >= 4 is 11.8 Å². The van der Waals surface area contributed by atoms with Crippen molar-refractivity contribution in [2.24, 2.45) is 5.92 Å². The van der Waals surface area contributed by atoms with E-state index in [1.807, 2.05) is 0 Å². The number of furan rings is 1. The molecule has 1 saturated heterocycles. The van der Waals surface area contributed by atoms with Crippen LogP contribution in [0.5, 0.6) is 0 Å². The van der Waals surface area contributed by atoms with Gasteiger partial charge in [-0.05, 0) is 19.4 Å². The van der Waals surface area contributed by atoms with Crippen LogP contribution in [0.2, 0.25) is 0 Å². The van der Waals surface area contributed by atoms with E-state index in [1.165, 1.54) is 6.26 Å². The SMILES string of the molecule is Cc1occc1CNC(=O)CN1CC(C(F)(F)F)CCC1=O. The van der Waals surface area contributed by atoms with Gasteiger partial charge in [-0.1, -0.05) is 0 Å². The second-order valence-corrected chi connectivity index (χ2v) is 5.33. The summed E-state index contributed by atoms with van der Waals surface area (Å²) in [7, 11) is 0. The van der Waals surface area contributed by atoms with Crippen LogP contribution >= 0.6 is 0 Å². The number of likely N-dealkylation sites (tertiary alicyclic amines) is 1. The fourth-order valence-electron chi connectivity index (χ4n) is 2.35. The minimum atomic E-state index is -4.34. The van der Waals surface area contributed by atoms with Crippen molar-refractivity contribution in [3.05, 3.63) is 23.7 Å². The molecule has 1 atom stereocenters. The van der Waals surface area contributed by atoms with Gasteiger partial charge in [0.15, 0.2) is 0 Å². The van der Waals surface area contributed by atoms with Crippen molar-refractivity contribution in [2.45, 2.75) is 32.5 Å². The van der Waals surface area contributed by atoms with Gasteiger partial charge >= 0.3 is 6.18 Å². The Bertz CT molecular complexity index is 554. The number of alkyl halides is 3. The summed E-state index contributed by atoms with van der Waals surface area (Å²) in [6.45, 7) is 1.14. The topological polar surface area (TPSA) is 62.6 Å². The number of nitrogens with zero attached hydrogens (tertiary/aromatic N) is 1. The first-order chi connectivity index (χ1) is 10.3. The fourth-order valence-corrected chi connectivity index (χ4v) is 2.35. The number of halogens is 3. The second kappa shape index (κ2) is 6.41. The second-order valence-electron chi connectivity index (χ2n) is 5.33. The Morgan fingerprint density at radius 2 is 2.23 bits per heavy atom. The molecular weight excluding hydrogens is 301 g/mol. The molecule has 0 radical (unpaired) electrons. The van der Waals surface area contributed by atoms with E-state index in [0.29, 0.717) is 5.76 Å². The van der Waals surface area contributed by atoms with Crippen molar-refractivity contribution in [1.29, 1.82) is 0 Å². The molecule has 2 heterocycles. The number of rotatable bonds is 4. The van der Waals surface area contributed by atoms with Crippen LogP contribution in [-0.4, -0.2) is 36.0 Å². The lowest BCUT2D eigenvalue weighted by Gasteiger charge is -2.33. The molecule has 122 valence electrons. The zero-order valence-electron chi connectivity index (χ0n) is 12.1. The van der Waals surface area contributed by atoms with E-state index in [2.05, 4.69) is 5.32 Å². The molecule has 2 rings (SSSR count). The van der Waals surface area contributed by atoms with E-state index in [1.54, 1.807) is 13.0 Å². The Kier molecular flexibility index (Phi) is 4.77. The van der Waals surface area contributed by atoms with Gasteiger partial charge in [0.05, 0.1) is 18.7 Å². The molecule has 22 heavy (non-hydrogen) atoms. The van der Waals surface area contributed by atoms with E-state index >= 15 is 0 Å². The lowest BCUT2D eigenvalue weighted by atomic mass is 9.97. The number of aryl methyl sites for hydroxylation is 1. The van der Waals surface area contributed by atoms with Crippen molar-refractivity contribution in [2.75, 3.05) is 13.1 Å². The van der Waals surface area contributed by atoms with Crippen molar-refractivity contribution in [3.8, 4) is 0 Å². The monoisotopic (exact) mass is 318 g/mol. The molecule has 0 aliphatic carbocycles. The van der Waals surface area contributed by atoms with Crippen LogP contribution in [0.15, 0.2) is 16.7 Å². The van der Waals surface area contributed by atoms with Crippen LogP contribution < -0.4 is 5.32 Å². The maximum absolute atomic E-state index is 12.7. The molecule has 8 heteroatoms. The highest BCUT2D eigenvalue weighted by molar-refractivity contribution is 5.85. The normalized spacial score (nSPS) is 19.4. The minimum Gasteiger partial charge on any atom is -0.469 e. The van der Waals surface area contributed by atoms with Gasteiger partial charge in [-0.15, -0.1) is 0 Å². The molecule has 0 spiro atoms. The first kappa shape index (κ1) is 16.4. The van der Waals surface area contributed by atoms with Crippen molar-refractivity contribution < 1.29 is 27.2 Å². The van der Waals surface area contributed by atoms with E-state index < -0.39 is 30.5 Å². The lowest BCUT2D eigenvalue weighted by molar-refractivity contribution is -0.189. The molecule has 5 nitrogen and oxygen atoms in total. The average molecular weight is 318 g/mol. The summed E-state index contributed by atoms with van der Waals surface area (Å²) in [6, 6.07) is 1.70. The van der Waals surface area contributed by atoms with Crippen molar-refractivity contribution in [1.82, 2.24) is 10.2 Å². The van der Waals surface area contributed by atoms with Crippen LogP contribution in [-0.2, 0) is 16.1 Å². The zero-order chi connectivity index (χ0) is 16.3. The summed E-state index contributed by atoms with van der Waals surface area (Å²) >= 11 is 0. The molecule has 1 N–H and O–H groups in total. The summed E-state index contributed by atoms with van der Waals surface area (Å²) < 4.78 is 43.2. The summed E-state index contributed by atoms with van der Waals surface area (Å²) in [5.74, 6) is -1.81. The molecule has 1 aromatic heterocycles. The number of hydrogen-bond acceptors (Lipinski definition) is 3. The Hall–Kier alpha value is -1.99. The van der Waals surface area contributed by atoms with Gasteiger partial charge in [0.1, 0.15) is 5.76 Å². The third-order valence-electron chi connectivity index (χ3n) is 3.74. The molecular formula is C14H17F3N2O3. The number of carbonyl (C=O) groups is 2. The first-order valence-corrected chi connectivity index (χ1v) is 6.91. The largest absolute Gasteiger partial charge is 0.469 e. The fraction of sp³-hybridized carbons (Fsp3) is 0.571. The Labute approximate surface area is 125 Å². The first-order valence-electron chi connectivity index (χ1n) is 6.91. The van der Waals surface area contributed by atoms with Gasteiger partial charge in [-0.3, -0.25) is 9.59 Å². The average Bonchev–Trinajstić information content (AvgIpc) is 2.83. The third kappa shape index (κ3) is 4.02. The molecule has 1 aromatic rings.